The van der Waals surface area contributed by atoms with E-state index in [1.165, 1.54) is 12.3 Å². The molecular formula is C25H26F2N4O3. The number of aliphatic hydroxyl groups excluding tert-OH is 1. The summed E-state index contributed by atoms with van der Waals surface area (Å²) >= 11 is 0. The molecule has 0 bridgehead atoms. The number of hydrogen-bond acceptors (Lipinski definition) is 5. The Hall–Kier alpha value is -3.85. The molecule has 178 valence electrons. The largest absolute Gasteiger partial charge is 0.384 e. The number of benzene rings is 2. The lowest BCUT2D eigenvalue weighted by atomic mass is 10.0. The Kier molecular flexibility index (Phi) is 8.64. The molecule has 0 aliphatic carbocycles. The molecule has 1 heterocycles. The maximum absolute atomic E-state index is 13.7. The molecule has 0 saturated heterocycles. The summed E-state index contributed by atoms with van der Waals surface area (Å²) in [7, 11) is 0. The normalized spacial score (nSPS) is 12.6. The monoisotopic (exact) mass is 468 g/mol. The zero-order chi connectivity index (χ0) is 24.5. The van der Waals surface area contributed by atoms with Gasteiger partial charge >= 0.3 is 0 Å². The maximum atomic E-state index is 13.7. The number of halogens is 2. The second kappa shape index (κ2) is 11.9. The summed E-state index contributed by atoms with van der Waals surface area (Å²) < 4.78 is 27.0. The lowest BCUT2D eigenvalue weighted by Gasteiger charge is -2.21. The highest BCUT2D eigenvalue weighted by Crippen LogP contribution is 2.12. The van der Waals surface area contributed by atoms with Crippen molar-refractivity contribution in [2.75, 3.05) is 5.73 Å². The molecule has 7 nitrogen and oxygen atoms in total. The van der Waals surface area contributed by atoms with Crippen LogP contribution in [0.4, 0.5) is 14.6 Å². The molecule has 1 unspecified atom stereocenters. The van der Waals surface area contributed by atoms with E-state index in [-0.39, 0.29) is 19.4 Å². The van der Waals surface area contributed by atoms with Crippen LogP contribution in [0.15, 0.2) is 66.9 Å². The van der Waals surface area contributed by atoms with Gasteiger partial charge in [-0.1, -0.05) is 42.5 Å². The van der Waals surface area contributed by atoms with Crippen molar-refractivity contribution in [1.82, 2.24) is 15.6 Å². The van der Waals surface area contributed by atoms with Crippen molar-refractivity contribution in [1.29, 1.82) is 0 Å². The van der Waals surface area contributed by atoms with Crippen LogP contribution in [0, 0.1) is 11.6 Å². The van der Waals surface area contributed by atoms with E-state index in [4.69, 9.17) is 5.73 Å². The molecule has 2 amide bonds. The van der Waals surface area contributed by atoms with Crippen molar-refractivity contribution >= 4 is 17.6 Å². The predicted octanol–water partition coefficient (Wildman–Crippen LogP) is 2.28. The molecule has 0 fully saturated rings. The van der Waals surface area contributed by atoms with Crippen molar-refractivity contribution in [3.63, 3.8) is 0 Å². The molecule has 0 radical (unpaired) electrons. The molecule has 3 rings (SSSR count). The Morgan fingerprint density at radius 3 is 2.35 bits per heavy atom. The molecule has 2 atom stereocenters. The fourth-order valence-electron chi connectivity index (χ4n) is 3.31. The molecule has 0 saturated carbocycles. The lowest BCUT2D eigenvalue weighted by Crippen LogP contribution is -2.50. The number of nitrogens with two attached hydrogens (primary N) is 1. The topological polar surface area (TPSA) is 117 Å². The standard InChI is InChI=1S/C25H26F2N4O3/c26-19-9-6-17(12-20(19)27)13-21(24(33)30-15-18-8-11-23(28)29-14-18)31-25(34)22(32)10-7-16-4-2-1-3-5-16/h1-6,8-9,11-12,14,21-22,32H,7,10,13,15H2,(H2,28,29)(H,30,33)(H,31,34)/t21-,22?/m0/s1. The van der Waals surface area contributed by atoms with Crippen LogP contribution < -0.4 is 16.4 Å². The van der Waals surface area contributed by atoms with Crippen LogP contribution in [0.1, 0.15) is 23.1 Å². The van der Waals surface area contributed by atoms with Gasteiger partial charge in [0.15, 0.2) is 11.6 Å². The van der Waals surface area contributed by atoms with E-state index in [1.54, 1.807) is 12.1 Å². The minimum Gasteiger partial charge on any atom is -0.384 e. The van der Waals surface area contributed by atoms with Crippen LogP contribution in [0.2, 0.25) is 0 Å². The summed E-state index contributed by atoms with van der Waals surface area (Å²) in [6.45, 7) is 0.118. The van der Waals surface area contributed by atoms with E-state index >= 15 is 0 Å². The minimum atomic E-state index is -1.35. The summed E-state index contributed by atoms with van der Waals surface area (Å²) in [5, 5.41) is 15.5. The highest BCUT2D eigenvalue weighted by atomic mass is 19.2. The average Bonchev–Trinajstić information content (AvgIpc) is 2.84. The summed E-state index contributed by atoms with van der Waals surface area (Å²) in [4.78, 5) is 29.4. The van der Waals surface area contributed by atoms with Gasteiger partial charge in [-0.2, -0.15) is 0 Å². The van der Waals surface area contributed by atoms with E-state index in [9.17, 15) is 23.5 Å². The van der Waals surface area contributed by atoms with Gasteiger partial charge < -0.3 is 21.5 Å². The van der Waals surface area contributed by atoms with E-state index in [0.717, 1.165) is 17.7 Å². The molecular weight excluding hydrogens is 442 g/mol. The quantitative estimate of drug-likeness (QED) is 0.364. The predicted molar refractivity (Wildman–Crippen MR) is 123 cm³/mol. The Morgan fingerprint density at radius 1 is 0.941 bits per heavy atom. The zero-order valence-electron chi connectivity index (χ0n) is 18.4. The van der Waals surface area contributed by atoms with Crippen LogP contribution in [0.3, 0.4) is 0 Å². The molecule has 34 heavy (non-hydrogen) atoms. The Morgan fingerprint density at radius 2 is 1.68 bits per heavy atom. The third-order valence-electron chi connectivity index (χ3n) is 5.22. The number of hydrogen-bond donors (Lipinski definition) is 4. The first-order valence-electron chi connectivity index (χ1n) is 10.8. The molecule has 0 spiro atoms. The summed E-state index contributed by atoms with van der Waals surface area (Å²) in [6, 6.07) is 14.8. The van der Waals surface area contributed by atoms with Gasteiger partial charge in [0.2, 0.25) is 11.8 Å². The number of aryl methyl sites for hydroxylation is 1. The van der Waals surface area contributed by atoms with E-state index in [0.29, 0.717) is 23.4 Å². The zero-order valence-corrected chi connectivity index (χ0v) is 18.4. The third-order valence-corrected chi connectivity index (χ3v) is 5.22. The van der Waals surface area contributed by atoms with Gasteiger partial charge in [0.1, 0.15) is 18.0 Å². The number of anilines is 1. The van der Waals surface area contributed by atoms with Gasteiger partial charge in [0.25, 0.3) is 0 Å². The average molecular weight is 469 g/mol. The molecule has 0 aliphatic heterocycles. The van der Waals surface area contributed by atoms with Gasteiger partial charge in [-0.05, 0) is 47.7 Å². The Labute approximate surface area is 196 Å². The van der Waals surface area contributed by atoms with Crippen molar-refractivity contribution in [3.05, 3.63) is 95.2 Å². The smallest absolute Gasteiger partial charge is 0.249 e. The summed E-state index contributed by atoms with van der Waals surface area (Å²) in [5.74, 6) is -3.01. The molecule has 1 aromatic heterocycles. The number of carbonyl (C=O) groups is 2. The molecule has 9 heteroatoms. The first-order chi connectivity index (χ1) is 16.3. The van der Waals surface area contributed by atoms with Crippen LogP contribution in [0.25, 0.3) is 0 Å². The number of aliphatic hydroxyl groups is 1. The number of aromatic nitrogens is 1. The fraction of sp³-hybridized carbons (Fsp3) is 0.240. The fourth-order valence-corrected chi connectivity index (χ4v) is 3.31. The first kappa shape index (κ1) is 24.8. The number of amides is 2. The molecule has 0 aliphatic rings. The van der Waals surface area contributed by atoms with Crippen molar-refractivity contribution < 1.29 is 23.5 Å². The Bertz CT molecular complexity index is 1110. The van der Waals surface area contributed by atoms with Gasteiger partial charge in [-0.3, -0.25) is 9.59 Å². The number of carbonyl (C=O) groups excluding carboxylic acids is 2. The number of pyridine rings is 1. The number of nitrogen functional groups attached to an aromatic ring is 1. The number of nitrogens with zero attached hydrogens (tertiary/aromatic N) is 1. The second-order valence-electron chi connectivity index (χ2n) is 7.86. The third kappa shape index (κ3) is 7.35. The van der Waals surface area contributed by atoms with Gasteiger partial charge in [-0.25, -0.2) is 13.8 Å². The van der Waals surface area contributed by atoms with E-state index in [1.807, 2.05) is 30.3 Å². The van der Waals surface area contributed by atoms with Crippen molar-refractivity contribution in [2.45, 2.75) is 38.0 Å². The molecule has 2 aromatic carbocycles. The molecule has 3 aromatic rings. The van der Waals surface area contributed by atoms with E-state index < -0.39 is 35.6 Å². The van der Waals surface area contributed by atoms with Crippen LogP contribution in [-0.2, 0) is 29.0 Å². The highest BCUT2D eigenvalue weighted by Gasteiger charge is 2.25. The van der Waals surface area contributed by atoms with Crippen molar-refractivity contribution in [2.24, 2.45) is 0 Å². The SMILES string of the molecule is Nc1ccc(CNC(=O)[C@H](Cc2ccc(F)c(F)c2)NC(=O)C(O)CCc2ccccc2)cn1. The van der Waals surface area contributed by atoms with E-state index in [2.05, 4.69) is 15.6 Å². The highest BCUT2D eigenvalue weighted by molar-refractivity contribution is 5.89. The lowest BCUT2D eigenvalue weighted by molar-refractivity contribution is -0.134. The maximum Gasteiger partial charge on any atom is 0.249 e. The van der Waals surface area contributed by atoms with Crippen LogP contribution in [-0.4, -0.2) is 34.1 Å². The van der Waals surface area contributed by atoms with Crippen LogP contribution >= 0.6 is 0 Å². The summed E-state index contributed by atoms with van der Waals surface area (Å²) in [6.07, 6.45) is 0.694. The molecule has 5 N–H and O–H groups in total. The second-order valence-corrected chi connectivity index (χ2v) is 7.86. The van der Waals surface area contributed by atoms with Crippen LogP contribution in [0.5, 0.6) is 0 Å². The Balaban J connectivity index is 1.66. The first-order valence-corrected chi connectivity index (χ1v) is 10.8. The van der Waals surface area contributed by atoms with Gasteiger partial charge in [0, 0.05) is 19.2 Å². The number of rotatable bonds is 10. The number of nitrogens with one attached hydrogen (secondary N) is 2. The summed E-state index contributed by atoms with van der Waals surface area (Å²) in [5.41, 5.74) is 7.51. The van der Waals surface area contributed by atoms with Gasteiger partial charge in [-0.15, -0.1) is 0 Å². The minimum absolute atomic E-state index is 0.0971. The van der Waals surface area contributed by atoms with Gasteiger partial charge in [0.05, 0.1) is 0 Å². The van der Waals surface area contributed by atoms with Crippen molar-refractivity contribution in [3.8, 4) is 0 Å².